The molecule has 1 rings (SSSR count). The molecule has 1 unspecified atom stereocenters. The first-order chi connectivity index (χ1) is 6.24. The molecular weight excluding hydrogens is 162 g/mol. The Bertz CT molecular complexity index is 136. The van der Waals surface area contributed by atoms with Crippen LogP contribution < -0.4 is 5.32 Å². The first kappa shape index (κ1) is 11.0. The summed E-state index contributed by atoms with van der Waals surface area (Å²) >= 11 is 0. The van der Waals surface area contributed by atoms with E-state index in [1.54, 1.807) is 0 Å². The minimum absolute atomic E-state index is 0.709. The highest BCUT2D eigenvalue weighted by Crippen LogP contribution is 2.07. The van der Waals surface area contributed by atoms with E-state index in [9.17, 15) is 0 Å². The molecule has 1 heterocycles. The third kappa shape index (κ3) is 3.63. The van der Waals surface area contributed by atoms with Gasteiger partial charge in [-0.25, -0.2) is 0 Å². The van der Waals surface area contributed by atoms with Crippen molar-refractivity contribution in [1.82, 2.24) is 15.1 Å². The van der Waals surface area contributed by atoms with Gasteiger partial charge in [0.2, 0.25) is 0 Å². The molecule has 1 fully saturated rings. The van der Waals surface area contributed by atoms with E-state index in [1.807, 2.05) is 7.05 Å². The Kier molecular flexibility index (Phi) is 4.70. The van der Waals surface area contributed by atoms with Crippen LogP contribution in [0.25, 0.3) is 0 Å². The molecule has 0 amide bonds. The molecule has 0 aromatic rings. The largest absolute Gasteiger partial charge is 0.318 e. The van der Waals surface area contributed by atoms with E-state index in [0.29, 0.717) is 6.04 Å². The van der Waals surface area contributed by atoms with Crippen molar-refractivity contribution in [2.24, 2.45) is 0 Å². The summed E-state index contributed by atoms with van der Waals surface area (Å²) in [6.07, 6.45) is 1.31. The van der Waals surface area contributed by atoms with Crippen molar-refractivity contribution in [2.75, 3.05) is 46.8 Å². The minimum Gasteiger partial charge on any atom is -0.318 e. The SMILES string of the molecule is CNCCN1CCCN(C)CC1C. The van der Waals surface area contributed by atoms with E-state index < -0.39 is 0 Å². The van der Waals surface area contributed by atoms with Gasteiger partial charge in [-0.3, -0.25) is 4.90 Å². The van der Waals surface area contributed by atoms with Gasteiger partial charge >= 0.3 is 0 Å². The number of nitrogens with one attached hydrogen (secondary N) is 1. The van der Waals surface area contributed by atoms with E-state index >= 15 is 0 Å². The molecule has 78 valence electrons. The molecule has 0 aromatic heterocycles. The van der Waals surface area contributed by atoms with Crippen molar-refractivity contribution < 1.29 is 0 Å². The molecule has 3 heteroatoms. The van der Waals surface area contributed by atoms with E-state index in [0.717, 1.165) is 6.54 Å². The highest BCUT2D eigenvalue weighted by Gasteiger charge is 2.18. The predicted octanol–water partition coefficient (Wildman–Crippen LogP) is 0.232. The monoisotopic (exact) mass is 185 g/mol. The third-order valence-electron chi connectivity index (χ3n) is 2.83. The maximum Gasteiger partial charge on any atom is 0.0195 e. The number of hydrogen-bond donors (Lipinski definition) is 1. The van der Waals surface area contributed by atoms with Gasteiger partial charge in [0, 0.05) is 25.7 Å². The van der Waals surface area contributed by atoms with Gasteiger partial charge in [-0.2, -0.15) is 0 Å². The molecule has 1 aliphatic heterocycles. The molecule has 0 aromatic carbocycles. The Hall–Kier alpha value is -0.120. The maximum atomic E-state index is 3.21. The van der Waals surface area contributed by atoms with Gasteiger partial charge in [0.1, 0.15) is 0 Å². The van der Waals surface area contributed by atoms with Gasteiger partial charge in [0.15, 0.2) is 0 Å². The average molecular weight is 185 g/mol. The van der Waals surface area contributed by atoms with Crippen LogP contribution in [-0.2, 0) is 0 Å². The summed E-state index contributed by atoms with van der Waals surface area (Å²) in [5.41, 5.74) is 0. The lowest BCUT2D eigenvalue weighted by Gasteiger charge is -2.27. The first-order valence-electron chi connectivity index (χ1n) is 5.31. The molecule has 0 radical (unpaired) electrons. The minimum atomic E-state index is 0.709. The fraction of sp³-hybridized carbons (Fsp3) is 1.00. The van der Waals surface area contributed by atoms with Crippen molar-refractivity contribution in [3.05, 3.63) is 0 Å². The van der Waals surface area contributed by atoms with Gasteiger partial charge in [0.25, 0.3) is 0 Å². The summed E-state index contributed by atoms with van der Waals surface area (Å²) in [5.74, 6) is 0. The lowest BCUT2D eigenvalue weighted by Crippen LogP contribution is -2.41. The number of likely N-dealkylation sites (N-methyl/N-ethyl adjacent to an activating group) is 2. The second kappa shape index (κ2) is 5.58. The van der Waals surface area contributed by atoms with Gasteiger partial charge in [-0.1, -0.05) is 0 Å². The second-order valence-electron chi connectivity index (χ2n) is 4.10. The van der Waals surface area contributed by atoms with Crippen molar-refractivity contribution in [1.29, 1.82) is 0 Å². The number of rotatable bonds is 3. The molecule has 1 N–H and O–H groups in total. The Morgan fingerprint density at radius 3 is 2.85 bits per heavy atom. The smallest absolute Gasteiger partial charge is 0.0195 e. The standard InChI is InChI=1S/C10H23N3/c1-10-9-12(3)6-4-7-13(10)8-5-11-2/h10-11H,4-9H2,1-3H3. The third-order valence-corrected chi connectivity index (χ3v) is 2.83. The van der Waals surface area contributed by atoms with Gasteiger partial charge < -0.3 is 10.2 Å². The van der Waals surface area contributed by atoms with Crippen LogP contribution in [0.15, 0.2) is 0 Å². The van der Waals surface area contributed by atoms with Gasteiger partial charge in [-0.05, 0) is 40.5 Å². The Morgan fingerprint density at radius 1 is 1.38 bits per heavy atom. The molecule has 0 bridgehead atoms. The maximum absolute atomic E-state index is 3.21. The molecule has 1 aliphatic rings. The molecule has 1 saturated heterocycles. The molecular formula is C10H23N3. The number of hydrogen-bond acceptors (Lipinski definition) is 3. The summed E-state index contributed by atoms with van der Waals surface area (Å²) < 4.78 is 0. The summed E-state index contributed by atoms with van der Waals surface area (Å²) in [5, 5.41) is 3.21. The normalized spacial score (nSPS) is 27.5. The highest BCUT2D eigenvalue weighted by atomic mass is 15.2. The fourth-order valence-corrected chi connectivity index (χ4v) is 2.01. The van der Waals surface area contributed by atoms with Crippen LogP contribution in [0.1, 0.15) is 13.3 Å². The quantitative estimate of drug-likeness (QED) is 0.679. The Morgan fingerprint density at radius 2 is 2.15 bits per heavy atom. The molecule has 3 nitrogen and oxygen atoms in total. The van der Waals surface area contributed by atoms with Crippen LogP contribution in [0.2, 0.25) is 0 Å². The Balaban J connectivity index is 2.34. The van der Waals surface area contributed by atoms with E-state index in [-0.39, 0.29) is 0 Å². The lowest BCUT2D eigenvalue weighted by molar-refractivity contribution is 0.204. The van der Waals surface area contributed by atoms with Crippen molar-refractivity contribution in [3.8, 4) is 0 Å². The predicted molar refractivity (Wildman–Crippen MR) is 57.1 cm³/mol. The summed E-state index contributed by atoms with van der Waals surface area (Å²) in [7, 11) is 4.24. The zero-order chi connectivity index (χ0) is 9.68. The summed E-state index contributed by atoms with van der Waals surface area (Å²) in [4.78, 5) is 5.02. The first-order valence-corrected chi connectivity index (χ1v) is 5.31. The fourth-order valence-electron chi connectivity index (χ4n) is 2.01. The molecule has 0 aliphatic carbocycles. The van der Waals surface area contributed by atoms with Crippen LogP contribution in [-0.4, -0.2) is 62.7 Å². The van der Waals surface area contributed by atoms with Crippen molar-refractivity contribution >= 4 is 0 Å². The summed E-state index contributed by atoms with van der Waals surface area (Å²) in [6, 6.07) is 0.709. The zero-order valence-electron chi connectivity index (χ0n) is 9.21. The number of nitrogens with zero attached hydrogens (tertiary/aromatic N) is 2. The highest BCUT2D eigenvalue weighted by molar-refractivity contribution is 4.75. The molecule has 0 saturated carbocycles. The Labute approximate surface area is 82.1 Å². The topological polar surface area (TPSA) is 18.5 Å². The van der Waals surface area contributed by atoms with Crippen LogP contribution >= 0.6 is 0 Å². The van der Waals surface area contributed by atoms with Crippen molar-refractivity contribution in [3.63, 3.8) is 0 Å². The van der Waals surface area contributed by atoms with Gasteiger partial charge in [0.05, 0.1) is 0 Å². The van der Waals surface area contributed by atoms with Crippen molar-refractivity contribution in [2.45, 2.75) is 19.4 Å². The van der Waals surface area contributed by atoms with E-state index in [1.165, 1.54) is 32.6 Å². The summed E-state index contributed by atoms with van der Waals surface area (Å²) in [6.45, 7) is 8.34. The molecule has 13 heavy (non-hydrogen) atoms. The van der Waals surface area contributed by atoms with E-state index in [2.05, 4.69) is 29.1 Å². The van der Waals surface area contributed by atoms with Crippen LogP contribution in [0.4, 0.5) is 0 Å². The van der Waals surface area contributed by atoms with Crippen LogP contribution in [0.3, 0.4) is 0 Å². The van der Waals surface area contributed by atoms with Crippen LogP contribution in [0.5, 0.6) is 0 Å². The molecule has 0 spiro atoms. The van der Waals surface area contributed by atoms with E-state index in [4.69, 9.17) is 0 Å². The lowest BCUT2D eigenvalue weighted by atomic mass is 10.2. The average Bonchev–Trinajstić information content (AvgIpc) is 2.24. The van der Waals surface area contributed by atoms with Crippen LogP contribution in [0, 0.1) is 0 Å². The van der Waals surface area contributed by atoms with Gasteiger partial charge in [-0.15, -0.1) is 0 Å². The molecule has 1 atom stereocenters. The second-order valence-corrected chi connectivity index (χ2v) is 4.10. The zero-order valence-corrected chi connectivity index (χ0v) is 9.21.